The molecule has 1 amide bonds. The molecule has 2 aromatic carbocycles. The fourth-order valence-electron chi connectivity index (χ4n) is 1.93. The lowest BCUT2D eigenvalue weighted by molar-refractivity contribution is -0.119. The summed E-state index contributed by atoms with van der Waals surface area (Å²) in [5, 5.41) is 16.5. The summed E-state index contributed by atoms with van der Waals surface area (Å²) < 4.78 is 0. The number of amides is 1. The largest absolute Gasteiger partial charge is 0.507 e. The number of hydrogen-bond donors (Lipinski definition) is 3. The first-order valence-electron chi connectivity index (χ1n) is 6.96. The number of aryl methyl sites for hydroxylation is 2. The average molecular weight is 297 g/mol. The lowest BCUT2D eigenvalue weighted by Gasteiger charge is -2.06. The van der Waals surface area contributed by atoms with Gasteiger partial charge in [0.25, 0.3) is 5.91 Å². The van der Waals surface area contributed by atoms with E-state index >= 15 is 0 Å². The molecule has 0 aromatic heterocycles. The van der Waals surface area contributed by atoms with E-state index in [4.69, 9.17) is 0 Å². The molecule has 0 fully saturated rings. The van der Waals surface area contributed by atoms with Crippen LogP contribution in [0.5, 0.6) is 5.75 Å². The molecule has 0 saturated carbocycles. The average Bonchev–Trinajstić information content (AvgIpc) is 2.49. The minimum Gasteiger partial charge on any atom is -0.507 e. The first-order valence-corrected chi connectivity index (χ1v) is 6.96. The standard InChI is InChI=1S/C17H19N3O2/c1-12-4-3-5-15(9-12)18-11-17(22)20-19-10-14-8-13(2)6-7-16(14)21/h3-10,18,21H,11H2,1-2H3,(H,20,22). The number of rotatable bonds is 5. The topological polar surface area (TPSA) is 73.7 Å². The van der Waals surface area contributed by atoms with Gasteiger partial charge in [0.1, 0.15) is 5.75 Å². The Labute approximate surface area is 129 Å². The van der Waals surface area contributed by atoms with Crippen molar-refractivity contribution in [3.8, 4) is 5.75 Å². The van der Waals surface area contributed by atoms with Gasteiger partial charge < -0.3 is 10.4 Å². The number of carbonyl (C=O) groups is 1. The highest BCUT2D eigenvalue weighted by Gasteiger charge is 2.01. The molecule has 0 radical (unpaired) electrons. The van der Waals surface area contributed by atoms with E-state index in [9.17, 15) is 9.90 Å². The maximum absolute atomic E-state index is 11.7. The molecule has 2 rings (SSSR count). The smallest absolute Gasteiger partial charge is 0.259 e. The summed E-state index contributed by atoms with van der Waals surface area (Å²) in [4.78, 5) is 11.7. The number of benzene rings is 2. The fraction of sp³-hybridized carbons (Fsp3) is 0.176. The Morgan fingerprint density at radius 2 is 1.95 bits per heavy atom. The first-order chi connectivity index (χ1) is 10.5. The number of hydrazone groups is 1. The Balaban J connectivity index is 1.85. The fourth-order valence-corrected chi connectivity index (χ4v) is 1.93. The SMILES string of the molecule is Cc1cccc(NCC(=O)NN=Cc2cc(C)ccc2O)c1. The number of anilines is 1. The summed E-state index contributed by atoms with van der Waals surface area (Å²) in [7, 11) is 0. The van der Waals surface area contributed by atoms with Crippen molar-refractivity contribution in [3.63, 3.8) is 0 Å². The molecule has 114 valence electrons. The lowest BCUT2D eigenvalue weighted by atomic mass is 10.1. The number of nitrogens with one attached hydrogen (secondary N) is 2. The number of carbonyl (C=O) groups excluding carboxylic acids is 1. The zero-order chi connectivity index (χ0) is 15.9. The van der Waals surface area contributed by atoms with Crippen molar-refractivity contribution < 1.29 is 9.90 Å². The summed E-state index contributed by atoms with van der Waals surface area (Å²) in [6.07, 6.45) is 1.42. The van der Waals surface area contributed by atoms with Crippen LogP contribution in [0.15, 0.2) is 47.6 Å². The molecule has 2 aromatic rings. The van der Waals surface area contributed by atoms with Gasteiger partial charge in [0.05, 0.1) is 12.8 Å². The minimum absolute atomic E-state index is 0.126. The van der Waals surface area contributed by atoms with Gasteiger partial charge in [-0.3, -0.25) is 4.79 Å². The summed E-state index contributed by atoms with van der Waals surface area (Å²) in [5.41, 5.74) is 6.00. The van der Waals surface area contributed by atoms with Gasteiger partial charge in [0, 0.05) is 11.3 Å². The molecule has 0 saturated heterocycles. The Bertz CT molecular complexity index is 696. The molecule has 0 atom stereocenters. The Kier molecular flexibility index (Phi) is 5.14. The molecule has 22 heavy (non-hydrogen) atoms. The first kappa shape index (κ1) is 15.6. The predicted molar refractivity (Wildman–Crippen MR) is 88.2 cm³/mol. The molecule has 0 aliphatic carbocycles. The second-order valence-corrected chi connectivity index (χ2v) is 5.08. The Morgan fingerprint density at radius 3 is 2.73 bits per heavy atom. The van der Waals surface area contributed by atoms with Crippen LogP contribution in [0.3, 0.4) is 0 Å². The Hall–Kier alpha value is -2.82. The minimum atomic E-state index is -0.259. The molecule has 0 spiro atoms. The van der Waals surface area contributed by atoms with E-state index in [0.29, 0.717) is 5.56 Å². The van der Waals surface area contributed by atoms with Crippen molar-refractivity contribution >= 4 is 17.8 Å². The van der Waals surface area contributed by atoms with Crippen LogP contribution in [-0.2, 0) is 4.79 Å². The molecular formula is C17H19N3O2. The number of nitrogens with zero attached hydrogens (tertiary/aromatic N) is 1. The van der Waals surface area contributed by atoms with Crippen LogP contribution in [-0.4, -0.2) is 23.8 Å². The number of hydrogen-bond acceptors (Lipinski definition) is 4. The molecule has 0 aliphatic rings. The van der Waals surface area contributed by atoms with Gasteiger partial charge >= 0.3 is 0 Å². The van der Waals surface area contributed by atoms with Crippen molar-refractivity contribution in [1.29, 1.82) is 0 Å². The van der Waals surface area contributed by atoms with Crippen molar-refractivity contribution in [2.24, 2.45) is 5.10 Å². The molecule has 0 aliphatic heterocycles. The molecular weight excluding hydrogens is 278 g/mol. The van der Waals surface area contributed by atoms with Gasteiger partial charge in [-0.1, -0.05) is 23.8 Å². The monoisotopic (exact) mass is 297 g/mol. The lowest BCUT2D eigenvalue weighted by Crippen LogP contribution is -2.25. The maximum Gasteiger partial charge on any atom is 0.259 e. The van der Waals surface area contributed by atoms with Gasteiger partial charge in [-0.15, -0.1) is 0 Å². The summed E-state index contributed by atoms with van der Waals surface area (Å²) in [6.45, 7) is 4.03. The van der Waals surface area contributed by atoms with Crippen LogP contribution in [0.4, 0.5) is 5.69 Å². The summed E-state index contributed by atoms with van der Waals surface area (Å²) >= 11 is 0. The quantitative estimate of drug-likeness (QED) is 0.586. The Morgan fingerprint density at radius 1 is 1.18 bits per heavy atom. The third kappa shape index (κ3) is 4.63. The van der Waals surface area contributed by atoms with Gasteiger partial charge in [-0.2, -0.15) is 5.10 Å². The van der Waals surface area contributed by atoms with E-state index in [1.165, 1.54) is 6.21 Å². The third-order valence-corrected chi connectivity index (χ3v) is 3.05. The van der Waals surface area contributed by atoms with Crippen LogP contribution in [0.2, 0.25) is 0 Å². The van der Waals surface area contributed by atoms with Crippen molar-refractivity contribution in [1.82, 2.24) is 5.43 Å². The number of aromatic hydroxyl groups is 1. The molecule has 5 nitrogen and oxygen atoms in total. The van der Waals surface area contributed by atoms with Crippen LogP contribution in [0.25, 0.3) is 0 Å². The summed E-state index contributed by atoms with van der Waals surface area (Å²) in [6, 6.07) is 13.0. The van der Waals surface area contributed by atoms with Gasteiger partial charge in [-0.25, -0.2) is 5.43 Å². The normalized spacial score (nSPS) is 10.6. The van der Waals surface area contributed by atoms with E-state index in [2.05, 4.69) is 15.8 Å². The highest BCUT2D eigenvalue weighted by atomic mass is 16.3. The van der Waals surface area contributed by atoms with E-state index < -0.39 is 0 Å². The van der Waals surface area contributed by atoms with E-state index in [-0.39, 0.29) is 18.2 Å². The molecule has 0 unspecified atom stereocenters. The molecule has 0 heterocycles. The van der Waals surface area contributed by atoms with Crippen LogP contribution < -0.4 is 10.7 Å². The summed E-state index contributed by atoms with van der Waals surface area (Å²) in [5.74, 6) is -0.133. The van der Waals surface area contributed by atoms with Crippen LogP contribution in [0, 0.1) is 13.8 Å². The number of phenolic OH excluding ortho intramolecular Hbond substituents is 1. The van der Waals surface area contributed by atoms with E-state index in [1.54, 1.807) is 18.2 Å². The van der Waals surface area contributed by atoms with Crippen molar-refractivity contribution in [2.75, 3.05) is 11.9 Å². The van der Waals surface area contributed by atoms with Gasteiger partial charge in [0.15, 0.2) is 0 Å². The maximum atomic E-state index is 11.7. The molecule has 5 heteroatoms. The van der Waals surface area contributed by atoms with E-state index in [0.717, 1.165) is 16.8 Å². The second-order valence-electron chi connectivity index (χ2n) is 5.08. The van der Waals surface area contributed by atoms with Crippen LogP contribution >= 0.6 is 0 Å². The highest BCUT2D eigenvalue weighted by molar-refractivity contribution is 5.86. The highest BCUT2D eigenvalue weighted by Crippen LogP contribution is 2.15. The van der Waals surface area contributed by atoms with Gasteiger partial charge in [-0.05, 0) is 43.7 Å². The molecule has 0 bridgehead atoms. The zero-order valence-electron chi connectivity index (χ0n) is 12.6. The van der Waals surface area contributed by atoms with Crippen molar-refractivity contribution in [3.05, 3.63) is 59.2 Å². The van der Waals surface area contributed by atoms with E-state index in [1.807, 2.05) is 38.1 Å². The van der Waals surface area contributed by atoms with Gasteiger partial charge in [0.2, 0.25) is 0 Å². The second kappa shape index (κ2) is 7.26. The zero-order valence-corrected chi connectivity index (χ0v) is 12.6. The predicted octanol–water partition coefficient (Wildman–Crippen LogP) is 2.57. The third-order valence-electron chi connectivity index (χ3n) is 3.05. The van der Waals surface area contributed by atoms with Crippen molar-refractivity contribution in [2.45, 2.75) is 13.8 Å². The van der Waals surface area contributed by atoms with Crippen LogP contribution in [0.1, 0.15) is 16.7 Å². The molecule has 3 N–H and O–H groups in total. The number of phenols is 1.